The fourth-order valence-electron chi connectivity index (χ4n) is 3.07. The molecule has 0 saturated carbocycles. The standard InChI is InChI=1S/C18H28F3N5O2S/c1-14(25(3)16-7-5-4-6-8-16)13-23-17(22-2)24-15-9-11-26(12-10-15)29(27,28)18(19,20)21/h4-8,14-15H,9-13H2,1-3H3,(H2,22,23,24). The third-order valence-electron chi connectivity index (χ3n) is 5.04. The number of likely N-dealkylation sites (N-methyl/N-ethyl adjacent to an activating group) is 1. The Morgan fingerprint density at radius 1 is 1.28 bits per heavy atom. The number of aliphatic imine (C=N–C) groups is 1. The van der Waals surface area contributed by atoms with Crippen LogP contribution >= 0.6 is 0 Å². The second-order valence-electron chi connectivity index (χ2n) is 7.02. The number of hydrogen-bond donors (Lipinski definition) is 2. The number of anilines is 1. The molecule has 0 spiro atoms. The van der Waals surface area contributed by atoms with Gasteiger partial charge in [0.05, 0.1) is 0 Å². The van der Waals surface area contributed by atoms with Gasteiger partial charge in [0.15, 0.2) is 5.96 Å². The number of alkyl halides is 3. The number of piperidine rings is 1. The summed E-state index contributed by atoms with van der Waals surface area (Å²) in [7, 11) is -1.65. The van der Waals surface area contributed by atoms with Gasteiger partial charge in [-0.15, -0.1) is 0 Å². The number of halogens is 3. The molecule has 1 aliphatic rings. The first-order valence-electron chi connectivity index (χ1n) is 9.37. The molecule has 0 aromatic heterocycles. The fraction of sp³-hybridized carbons (Fsp3) is 0.611. The van der Waals surface area contributed by atoms with E-state index in [-0.39, 0.29) is 38.0 Å². The van der Waals surface area contributed by atoms with E-state index in [9.17, 15) is 21.6 Å². The van der Waals surface area contributed by atoms with Crippen LogP contribution in [-0.4, -0.2) is 70.0 Å². The van der Waals surface area contributed by atoms with Crippen LogP contribution in [0.25, 0.3) is 0 Å². The number of guanidine groups is 1. The van der Waals surface area contributed by atoms with Crippen molar-refractivity contribution < 1.29 is 21.6 Å². The third kappa shape index (κ3) is 5.99. The minimum atomic E-state index is -5.26. The molecule has 1 saturated heterocycles. The van der Waals surface area contributed by atoms with Crippen molar-refractivity contribution in [2.45, 2.75) is 37.4 Å². The van der Waals surface area contributed by atoms with Gasteiger partial charge >= 0.3 is 15.5 Å². The smallest absolute Gasteiger partial charge is 0.370 e. The molecule has 1 aliphatic heterocycles. The minimum Gasteiger partial charge on any atom is -0.370 e. The molecule has 164 valence electrons. The van der Waals surface area contributed by atoms with Crippen LogP contribution < -0.4 is 15.5 Å². The van der Waals surface area contributed by atoms with Crippen molar-refractivity contribution in [2.24, 2.45) is 4.99 Å². The highest BCUT2D eigenvalue weighted by Gasteiger charge is 2.50. The van der Waals surface area contributed by atoms with Gasteiger partial charge in [-0.2, -0.15) is 17.5 Å². The van der Waals surface area contributed by atoms with Crippen molar-refractivity contribution in [3.05, 3.63) is 30.3 Å². The van der Waals surface area contributed by atoms with E-state index >= 15 is 0 Å². The molecule has 2 rings (SSSR count). The first kappa shape index (κ1) is 23.3. The molecular weight excluding hydrogens is 407 g/mol. The van der Waals surface area contributed by atoms with Gasteiger partial charge in [-0.1, -0.05) is 18.2 Å². The van der Waals surface area contributed by atoms with Gasteiger partial charge in [-0.25, -0.2) is 8.42 Å². The predicted octanol–water partition coefficient (Wildman–Crippen LogP) is 1.99. The molecule has 0 bridgehead atoms. The molecule has 0 amide bonds. The maximum atomic E-state index is 12.7. The molecule has 0 aliphatic carbocycles. The summed E-state index contributed by atoms with van der Waals surface area (Å²) in [4.78, 5) is 6.28. The highest BCUT2D eigenvalue weighted by Crippen LogP contribution is 2.28. The number of benzene rings is 1. The Balaban J connectivity index is 1.83. The number of sulfonamides is 1. The van der Waals surface area contributed by atoms with E-state index in [0.29, 0.717) is 16.8 Å². The summed E-state index contributed by atoms with van der Waals surface area (Å²) in [5, 5.41) is 6.39. The Morgan fingerprint density at radius 3 is 2.38 bits per heavy atom. The van der Waals surface area contributed by atoms with Crippen LogP contribution in [0.3, 0.4) is 0 Å². The highest BCUT2D eigenvalue weighted by atomic mass is 32.2. The topological polar surface area (TPSA) is 77.0 Å². The van der Waals surface area contributed by atoms with Crippen molar-refractivity contribution in [1.29, 1.82) is 0 Å². The molecule has 1 fully saturated rings. The Hall–Kier alpha value is -2.01. The zero-order valence-corrected chi connectivity index (χ0v) is 17.6. The summed E-state index contributed by atoms with van der Waals surface area (Å²) in [6.45, 7) is 2.31. The molecular formula is C18H28F3N5O2S. The lowest BCUT2D eigenvalue weighted by Gasteiger charge is -2.33. The molecule has 11 heteroatoms. The Bertz CT molecular complexity index is 778. The molecule has 1 heterocycles. The molecule has 1 atom stereocenters. The highest BCUT2D eigenvalue weighted by molar-refractivity contribution is 7.90. The lowest BCUT2D eigenvalue weighted by Crippen LogP contribution is -2.52. The van der Waals surface area contributed by atoms with E-state index in [2.05, 4.69) is 27.4 Å². The monoisotopic (exact) mass is 435 g/mol. The number of nitrogens with zero attached hydrogens (tertiary/aromatic N) is 3. The van der Waals surface area contributed by atoms with E-state index in [1.165, 1.54) is 0 Å². The first-order valence-corrected chi connectivity index (χ1v) is 10.8. The number of para-hydroxylation sites is 1. The van der Waals surface area contributed by atoms with Gasteiger partial charge in [-0.3, -0.25) is 4.99 Å². The molecule has 2 N–H and O–H groups in total. The molecule has 29 heavy (non-hydrogen) atoms. The lowest BCUT2D eigenvalue weighted by molar-refractivity contribution is -0.0494. The van der Waals surface area contributed by atoms with E-state index in [1.807, 2.05) is 37.4 Å². The van der Waals surface area contributed by atoms with Gasteiger partial charge < -0.3 is 15.5 Å². The van der Waals surface area contributed by atoms with Crippen LogP contribution in [0.2, 0.25) is 0 Å². The van der Waals surface area contributed by atoms with Crippen LogP contribution in [0.5, 0.6) is 0 Å². The average Bonchev–Trinajstić information content (AvgIpc) is 2.70. The zero-order chi connectivity index (χ0) is 21.7. The summed E-state index contributed by atoms with van der Waals surface area (Å²) in [5.41, 5.74) is -4.17. The van der Waals surface area contributed by atoms with Crippen LogP contribution in [-0.2, 0) is 10.0 Å². The molecule has 1 aromatic carbocycles. The lowest BCUT2D eigenvalue weighted by atomic mass is 10.1. The molecule has 7 nitrogen and oxygen atoms in total. The van der Waals surface area contributed by atoms with Gasteiger partial charge in [0, 0.05) is 51.5 Å². The molecule has 1 aromatic rings. The van der Waals surface area contributed by atoms with Gasteiger partial charge in [-0.05, 0) is 31.9 Å². The maximum Gasteiger partial charge on any atom is 0.511 e. The first-order chi connectivity index (χ1) is 13.6. The van der Waals surface area contributed by atoms with Crippen molar-refractivity contribution in [2.75, 3.05) is 38.6 Å². The van der Waals surface area contributed by atoms with Crippen LogP contribution in [0.15, 0.2) is 35.3 Å². The SMILES string of the molecule is CN=C(NCC(C)N(C)c1ccccc1)NC1CCN(S(=O)(=O)C(F)(F)F)CC1. The summed E-state index contributed by atoms with van der Waals surface area (Å²) >= 11 is 0. The second kappa shape index (κ2) is 9.66. The summed E-state index contributed by atoms with van der Waals surface area (Å²) in [5.74, 6) is 0.537. The second-order valence-corrected chi connectivity index (χ2v) is 8.95. The van der Waals surface area contributed by atoms with Crippen LogP contribution in [0.1, 0.15) is 19.8 Å². The average molecular weight is 436 g/mol. The fourth-order valence-corrected chi connectivity index (χ4v) is 4.06. The van der Waals surface area contributed by atoms with Gasteiger partial charge in [0.25, 0.3) is 0 Å². The largest absolute Gasteiger partial charge is 0.511 e. The van der Waals surface area contributed by atoms with E-state index < -0.39 is 15.5 Å². The van der Waals surface area contributed by atoms with Gasteiger partial charge in [0.2, 0.25) is 0 Å². The molecule has 0 radical (unpaired) electrons. The number of nitrogens with one attached hydrogen (secondary N) is 2. The summed E-state index contributed by atoms with van der Waals surface area (Å²) < 4.78 is 61.5. The van der Waals surface area contributed by atoms with E-state index in [0.717, 1.165) is 5.69 Å². The minimum absolute atomic E-state index is 0.150. The number of rotatable bonds is 6. The number of hydrogen-bond acceptors (Lipinski definition) is 4. The van der Waals surface area contributed by atoms with Crippen LogP contribution in [0, 0.1) is 0 Å². The maximum absolute atomic E-state index is 12.7. The zero-order valence-electron chi connectivity index (χ0n) is 16.8. The van der Waals surface area contributed by atoms with Gasteiger partial charge in [0.1, 0.15) is 0 Å². The van der Waals surface area contributed by atoms with E-state index in [4.69, 9.17) is 0 Å². The van der Waals surface area contributed by atoms with Crippen LogP contribution in [0.4, 0.5) is 18.9 Å². The quantitative estimate of drug-likeness (QED) is 0.528. The Kier molecular flexibility index (Phi) is 7.75. The Labute approximate surface area is 170 Å². The summed E-state index contributed by atoms with van der Waals surface area (Å²) in [6.07, 6.45) is 0.547. The van der Waals surface area contributed by atoms with Crippen molar-refractivity contribution in [3.8, 4) is 0 Å². The van der Waals surface area contributed by atoms with Crippen molar-refractivity contribution in [3.63, 3.8) is 0 Å². The third-order valence-corrected chi connectivity index (χ3v) is 6.67. The molecule has 1 unspecified atom stereocenters. The predicted molar refractivity (Wildman–Crippen MR) is 108 cm³/mol. The van der Waals surface area contributed by atoms with Crippen molar-refractivity contribution in [1.82, 2.24) is 14.9 Å². The normalized spacial score (nSPS) is 18.3. The summed E-state index contributed by atoms with van der Waals surface area (Å²) in [6, 6.07) is 9.95. The van der Waals surface area contributed by atoms with Crippen molar-refractivity contribution >= 4 is 21.7 Å². The Morgan fingerprint density at radius 2 is 1.86 bits per heavy atom. The van der Waals surface area contributed by atoms with E-state index in [1.54, 1.807) is 7.05 Å².